The Bertz CT molecular complexity index is 190. The fourth-order valence-corrected chi connectivity index (χ4v) is 1.54. The van der Waals surface area contributed by atoms with E-state index >= 15 is 0 Å². The largest absolute Gasteiger partial charge is 0.468 e. The van der Waals surface area contributed by atoms with Gasteiger partial charge in [0.2, 0.25) is 0 Å². The normalized spacial score (nSPS) is 30.9. The Balaban J connectivity index is 0.00000169. The summed E-state index contributed by atoms with van der Waals surface area (Å²) in [5.41, 5.74) is 0. The number of rotatable bonds is 3. The second-order valence-electron chi connectivity index (χ2n) is 2.88. The zero-order valence-corrected chi connectivity index (χ0v) is 9.30. The first-order valence-electron chi connectivity index (χ1n) is 4.11. The number of ether oxygens (including phenoxy) is 3. The SMILES string of the molecule is COC(=O)[C@@H]1NC[C@@H](OC)[C@H]1OC.Cl. The molecule has 0 aliphatic carbocycles. The van der Waals surface area contributed by atoms with Gasteiger partial charge in [0.15, 0.2) is 0 Å². The predicted octanol–water partition coefficient (Wildman–Crippen LogP) is -0.417. The lowest BCUT2D eigenvalue weighted by Crippen LogP contribution is -2.42. The number of esters is 1. The minimum Gasteiger partial charge on any atom is -0.468 e. The maximum Gasteiger partial charge on any atom is 0.325 e. The Labute approximate surface area is 89.5 Å². The molecule has 1 N–H and O–H groups in total. The van der Waals surface area contributed by atoms with E-state index < -0.39 is 6.04 Å². The predicted molar refractivity (Wildman–Crippen MR) is 52.6 cm³/mol. The molecule has 0 aromatic carbocycles. The first-order valence-corrected chi connectivity index (χ1v) is 4.11. The highest BCUT2D eigenvalue weighted by atomic mass is 35.5. The summed E-state index contributed by atoms with van der Waals surface area (Å²) in [5, 5.41) is 2.98. The monoisotopic (exact) mass is 225 g/mol. The van der Waals surface area contributed by atoms with Crippen molar-refractivity contribution in [2.75, 3.05) is 27.9 Å². The molecule has 0 amide bonds. The Hall–Kier alpha value is -0.360. The first kappa shape index (κ1) is 13.6. The van der Waals surface area contributed by atoms with Gasteiger partial charge in [0.1, 0.15) is 12.1 Å². The zero-order valence-electron chi connectivity index (χ0n) is 8.48. The lowest BCUT2D eigenvalue weighted by atomic mass is 10.1. The highest BCUT2D eigenvalue weighted by Crippen LogP contribution is 2.14. The Morgan fingerprint density at radius 3 is 2.36 bits per heavy atom. The van der Waals surface area contributed by atoms with Crippen molar-refractivity contribution in [1.82, 2.24) is 5.32 Å². The Kier molecular flexibility index (Phi) is 6.03. The molecule has 0 aromatic rings. The summed E-state index contributed by atoms with van der Waals surface area (Å²) in [6, 6.07) is -0.417. The third-order valence-electron chi connectivity index (χ3n) is 2.26. The van der Waals surface area contributed by atoms with E-state index in [-0.39, 0.29) is 30.6 Å². The van der Waals surface area contributed by atoms with Gasteiger partial charge >= 0.3 is 5.97 Å². The summed E-state index contributed by atoms with van der Waals surface area (Å²) < 4.78 is 14.9. The van der Waals surface area contributed by atoms with Gasteiger partial charge in [-0.2, -0.15) is 0 Å². The molecule has 0 aromatic heterocycles. The molecular formula is C8H16ClNO4. The van der Waals surface area contributed by atoms with Crippen molar-refractivity contribution < 1.29 is 19.0 Å². The third-order valence-corrected chi connectivity index (χ3v) is 2.26. The number of hydrogen-bond acceptors (Lipinski definition) is 5. The smallest absolute Gasteiger partial charge is 0.325 e. The van der Waals surface area contributed by atoms with E-state index in [0.29, 0.717) is 6.54 Å². The second-order valence-corrected chi connectivity index (χ2v) is 2.88. The maximum atomic E-state index is 11.2. The molecule has 1 aliphatic heterocycles. The van der Waals surface area contributed by atoms with Crippen LogP contribution in [0.4, 0.5) is 0 Å². The first-order chi connectivity index (χ1) is 6.24. The van der Waals surface area contributed by atoms with Gasteiger partial charge in [0.05, 0.1) is 13.2 Å². The summed E-state index contributed by atoms with van der Waals surface area (Å²) in [4.78, 5) is 11.2. The van der Waals surface area contributed by atoms with E-state index in [1.165, 1.54) is 7.11 Å². The van der Waals surface area contributed by atoms with Gasteiger partial charge in [0.25, 0.3) is 0 Å². The maximum absolute atomic E-state index is 11.2. The van der Waals surface area contributed by atoms with Crippen LogP contribution in [-0.2, 0) is 19.0 Å². The molecule has 1 fully saturated rings. The van der Waals surface area contributed by atoms with E-state index in [1.54, 1.807) is 14.2 Å². The number of methoxy groups -OCH3 is 3. The lowest BCUT2D eigenvalue weighted by molar-refractivity contribution is -0.147. The van der Waals surface area contributed by atoms with Gasteiger partial charge in [-0.15, -0.1) is 12.4 Å². The topological polar surface area (TPSA) is 56.8 Å². The molecule has 1 heterocycles. The minimum absolute atomic E-state index is 0. The highest BCUT2D eigenvalue weighted by molar-refractivity contribution is 5.85. The number of nitrogens with one attached hydrogen (secondary N) is 1. The molecule has 0 bridgehead atoms. The summed E-state index contributed by atoms with van der Waals surface area (Å²) in [5.74, 6) is -0.314. The van der Waals surface area contributed by atoms with Crippen LogP contribution < -0.4 is 5.32 Å². The van der Waals surface area contributed by atoms with Crippen LogP contribution >= 0.6 is 12.4 Å². The van der Waals surface area contributed by atoms with Crippen molar-refractivity contribution >= 4 is 18.4 Å². The molecule has 1 rings (SSSR count). The molecule has 1 saturated heterocycles. The van der Waals surface area contributed by atoms with Crippen molar-refractivity contribution in [2.45, 2.75) is 18.2 Å². The number of halogens is 1. The van der Waals surface area contributed by atoms with Crippen LogP contribution in [0.2, 0.25) is 0 Å². The van der Waals surface area contributed by atoms with E-state index in [9.17, 15) is 4.79 Å². The zero-order chi connectivity index (χ0) is 9.84. The van der Waals surface area contributed by atoms with Gasteiger partial charge in [0, 0.05) is 20.8 Å². The molecule has 14 heavy (non-hydrogen) atoms. The average molecular weight is 226 g/mol. The average Bonchev–Trinajstić information content (AvgIpc) is 2.58. The summed E-state index contributed by atoms with van der Waals surface area (Å²) in [6.07, 6.45) is -0.355. The number of carbonyl (C=O) groups excluding carboxylic acids is 1. The molecule has 0 spiro atoms. The van der Waals surface area contributed by atoms with Crippen LogP contribution in [0.5, 0.6) is 0 Å². The van der Waals surface area contributed by atoms with Crippen LogP contribution in [0.15, 0.2) is 0 Å². The van der Waals surface area contributed by atoms with Crippen molar-refractivity contribution in [3.63, 3.8) is 0 Å². The van der Waals surface area contributed by atoms with Crippen LogP contribution in [0.3, 0.4) is 0 Å². The van der Waals surface area contributed by atoms with Crippen molar-refractivity contribution in [3.8, 4) is 0 Å². The molecule has 6 heteroatoms. The Morgan fingerprint density at radius 1 is 1.29 bits per heavy atom. The van der Waals surface area contributed by atoms with Gasteiger partial charge in [-0.05, 0) is 0 Å². The van der Waals surface area contributed by atoms with E-state index in [4.69, 9.17) is 9.47 Å². The van der Waals surface area contributed by atoms with Crippen LogP contribution in [0.25, 0.3) is 0 Å². The molecule has 0 saturated carbocycles. The van der Waals surface area contributed by atoms with Crippen LogP contribution in [-0.4, -0.2) is 52.1 Å². The fraction of sp³-hybridized carbons (Fsp3) is 0.875. The van der Waals surface area contributed by atoms with Crippen LogP contribution in [0, 0.1) is 0 Å². The summed E-state index contributed by atoms with van der Waals surface area (Å²) >= 11 is 0. The third kappa shape index (κ3) is 2.57. The molecule has 1 aliphatic rings. The molecule has 5 nitrogen and oxygen atoms in total. The standard InChI is InChI=1S/C8H15NO4.ClH/c1-11-5-4-9-6(7(5)12-2)8(10)13-3;/h5-7,9H,4H2,1-3H3;1H/t5-,6-,7-;/m1./s1. The molecular weight excluding hydrogens is 210 g/mol. The highest BCUT2D eigenvalue weighted by Gasteiger charge is 2.41. The van der Waals surface area contributed by atoms with E-state index in [0.717, 1.165) is 0 Å². The Morgan fingerprint density at radius 2 is 1.93 bits per heavy atom. The summed E-state index contributed by atoms with van der Waals surface area (Å²) in [6.45, 7) is 0.606. The number of carbonyl (C=O) groups is 1. The molecule has 84 valence electrons. The van der Waals surface area contributed by atoms with Gasteiger partial charge in [-0.3, -0.25) is 10.1 Å². The quantitative estimate of drug-likeness (QED) is 0.662. The van der Waals surface area contributed by atoms with Crippen molar-refractivity contribution in [2.24, 2.45) is 0 Å². The minimum atomic E-state index is -0.417. The van der Waals surface area contributed by atoms with E-state index in [1.807, 2.05) is 0 Å². The van der Waals surface area contributed by atoms with Crippen LogP contribution in [0.1, 0.15) is 0 Å². The van der Waals surface area contributed by atoms with Gasteiger partial charge < -0.3 is 14.2 Å². The van der Waals surface area contributed by atoms with Crippen molar-refractivity contribution in [3.05, 3.63) is 0 Å². The lowest BCUT2D eigenvalue weighted by Gasteiger charge is -2.19. The molecule has 0 unspecified atom stereocenters. The second kappa shape index (κ2) is 6.19. The van der Waals surface area contributed by atoms with E-state index in [2.05, 4.69) is 10.1 Å². The molecule has 0 radical (unpaired) electrons. The molecule has 3 atom stereocenters. The van der Waals surface area contributed by atoms with Gasteiger partial charge in [-0.1, -0.05) is 0 Å². The fourth-order valence-electron chi connectivity index (χ4n) is 1.54. The van der Waals surface area contributed by atoms with Crippen molar-refractivity contribution in [1.29, 1.82) is 0 Å². The van der Waals surface area contributed by atoms with Gasteiger partial charge in [-0.25, -0.2) is 0 Å². The number of hydrogen-bond donors (Lipinski definition) is 1. The summed E-state index contributed by atoms with van der Waals surface area (Å²) in [7, 11) is 4.51.